The van der Waals surface area contributed by atoms with Crippen molar-refractivity contribution in [2.75, 3.05) is 6.54 Å². The lowest BCUT2D eigenvalue weighted by Crippen LogP contribution is -2.47. The lowest BCUT2D eigenvalue weighted by atomic mass is 10.0. The topological polar surface area (TPSA) is 59.0 Å². The molecule has 1 saturated heterocycles. The number of rotatable bonds is 4. The molecule has 1 aromatic carbocycles. The van der Waals surface area contributed by atoms with Crippen LogP contribution >= 0.6 is 12.4 Å². The van der Waals surface area contributed by atoms with Crippen molar-refractivity contribution in [3.63, 3.8) is 0 Å². The van der Waals surface area contributed by atoms with Crippen molar-refractivity contribution in [1.82, 2.24) is 20.4 Å². The molecular weight excluding hydrogens is 312 g/mol. The van der Waals surface area contributed by atoms with Gasteiger partial charge >= 0.3 is 0 Å². The molecule has 6 heteroatoms. The number of hydrogen-bond donors (Lipinski definition) is 2. The van der Waals surface area contributed by atoms with Gasteiger partial charge in [-0.25, -0.2) is 4.68 Å². The molecule has 0 saturated carbocycles. The van der Waals surface area contributed by atoms with E-state index in [2.05, 4.69) is 21.8 Å². The Bertz CT molecular complexity index is 623. The maximum Gasteiger partial charge on any atom is 0.237 e. The SMILES string of the molecule is CC(NC(=O)C1CCCCN1)c1cccc(-n2cccn2)c1.Cl. The van der Waals surface area contributed by atoms with Crippen molar-refractivity contribution in [1.29, 1.82) is 0 Å². The number of benzene rings is 1. The first-order valence-corrected chi connectivity index (χ1v) is 7.88. The van der Waals surface area contributed by atoms with Gasteiger partial charge in [0, 0.05) is 12.4 Å². The highest BCUT2D eigenvalue weighted by Gasteiger charge is 2.22. The summed E-state index contributed by atoms with van der Waals surface area (Å²) >= 11 is 0. The van der Waals surface area contributed by atoms with Crippen LogP contribution in [0.25, 0.3) is 5.69 Å². The molecule has 2 N–H and O–H groups in total. The molecule has 5 nitrogen and oxygen atoms in total. The second kappa shape index (κ2) is 8.13. The number of piperidine rings is 1. The molecule has 0 bridgehead atoms. The van der Waals surface area contributed by atoms with E-state index in [1.807, 2.05) is 42.1 Å². The first-order valence-electron chi connectivity index (χ1n) is 7.88. The van der Waals surface area contributed by atoms with Crippen LogP contribution in [-0.2, 0) is 4.79 Å². The summed E-state index contributed by atoms with van der Waals surface area (Å²) < 4.78 is 1.82. The number of nitrogens with one attached hydrogen (secondary N) is 2. The predicted octanol–water partition coefficient (Wildman–Crippen LogP) is 2.61. The summed E-state index contributed by atoms with van der Waals surface area (Å²) in [5, 5.41) is 10.6. The monoisotopic (exact) mass is 334 g/mol. The van der Waals surface area contributed by atoms with E-state index in [9.17, 15) is 4.79 Å². The van der Waals surface area contributed by atoms with Crippen molar-refractivity contribution in [3.05, 3.63) is 48.3 Å². The second-order valence-electron chi connectivity index (χ2n) is 5.78. The average Bonchev–Trinajstić information content (AvgIpc) is 3.10. The average molecular weight is 335 g/mol. The van der Waals surface area contributed by atoms with E-state index in [1.54, 1.807) is 6.20 Å². The lowest BCUT2D eigenvalue weighted by molar-refractivity contribution is -0.124. The van der Waals surface area contributed by atoms with Gasteiger partial charge < -0.3 is 10.6 Å². The number of halogens is 1. The van der Waals surface area contributed by atoms with Crippen LogP contribution in [0.5, 0.6) is 0 Å². The minimum Gasteiger partial charge on any atom is -0.348 e. The summed E-state index contributed by atoms with van der Waals surface area (Å²) in [6, 6.07) is 9.92. The van der Waals surface area contributed by atoms with Crippen LogP contribution < -0.4 is 10.6 Å². The normalized spacial score (nSPS) is 18.7. The molecule has 0 radical (unpaired) electrons. The highest BCUT2D eigenvalue weighted by Crippen LogP contribution is 2.17. The third-order valence-corrected chi connectivity index (χ3v) is 4.12. The van der Waals surface area contributed by atoms with Gasteiger partial charge in [-0.1, -0.05) is 18.6 Å². The van der Waals surface area contributed by atoms with Crippen LogP contribution in [0.2, 0.25) is 0 Å². The van der Waals surface area contributed by atoms with E-state index in [0.717, 1.165) is 37.1 Å². The number of amides is 1. The summed E-state index contributed by atoms with van der Waals surface area (Å²) in [6.07, 6.45) is 6.87. The van der Waals surface area contributed by atoms with E-state index in [4.69, 9.17) is 0 Å². The van der Waals surface area contributed by atoms with Gasteiger partial charge in [0.25, 0.3) is 0 Å². The zero-order valence-electron chi connectivity index (χ0n) is 13.2. The molecule has 3 rings (SSSR count). The molecule has 1 aliphatic heterocycles. The molecule has 2 heterocycles. The third-order valence-electron chi connectivity index (χ3n) is 4.12. The maximum absolute atomic E-state index is 12.3. The highest BCUT2D eigenvalue weighted by atomic mass is 35.5. The van der Waals surface area contributed by atoms with Crippen LogP contribution in [0.3, 0.4) is 0 Å². The van der Waals surface area contributed by atoms with E-state index >= 15 is 0 Å². The minimum atomic E-state index is -0.0505. The predicted molar refractivity (Wildman–Crippen MR) is 93.0 cm³/mol. The number of carbonyl (C=O) groups excluding carboxylic acids is 1. The molecular formula is C17H23ClN4O. The van der Waals surface area contributed by atoms with Crippen molar-refractivity contribution >= 4 is 18.3 Å². The molecule has 2 aromatic rings. The van der Waals surface area contributed by atoms with Gasteiger partial charge in [0.15, 0.2) is 0 Å². The fourth-order valence-electron chi connectivity index (χ4n) is 2.83. The first-order chi connectivity index (χ1) is 10.7. The lowest BCUT2D eigenvalue weighted by Gasteiger charge is -2.24. The number of hydrogen-bond acceptors (Lipinski definition) is 3. The van der Waals surface area contributed by atoms with Gasteiger partial charge in [-0.2, -0.15) is 5.10 Å². The summed E-state index contributed by atoms with van der Waals surface area (Å²) in [7, 11) is 0. The van der Waals surface area contributed by atoms with Crippen molar-refractivity contribution in [2.24, 2.45) is 0 Å². The Morgan fingerprint density at radius 2 is 2.26 bits per heavy atom. The van der Waals surface area contributed by atoms with Crippen molar-refractivity contribution in [3.8, 4) is 5.69 Å². The third kappa shape index (κ3) is 4.33. The van der Waals surface area contributed by atoms with E-state index in [-0.39, 0.29) is 30.4 Å². The van der Waals surface area contributed by atoms with Gasteiger partial charge in [-0.05, 0) is 50.1 Å². The van der Waals surface area contributed by atoms with Crippen LogP contribution in [0, 0.1) is 0 Å². The van der Waals surface area contributed by atoms with E-state index in [1.165, 1.54) is 0 Å². The summed E-state index contributed by atoms with van der Waals surface area (Å²) in [5.41, 5.74) is 2.08. The zero-order valence-corrected chi connectivity index (χ0v) is 14.1. The molecule has 23 heavy (non-hydrogen) atoms. The Balaban J connectivity index is 0.00000192. The van der Waals surface area contributed by atoms with Gasteiger partial charge in [-0.15, -0.1) is 12.4 Å². The van der Waals surface area contributed by atoms with Gasteiger partial charge in [0.05, 0.1) is 17.8 Å². The maximum atomic E-state index is 12.3. The van der Waals surface area contributed by atoms with Gasteiger partial charge in [0.2, 0.25) is 5.91 Å². The molecule has 0 spiro atoms. The van der Waals surface area contributed by atoms with Crippen LogP contribution in [0.4, 0.5) is 0 Å². The number of carbonyl (C=O) groups is 1. The molecule has 2 unspecified atom stereocenters. The summed E-state index contributed by atoms with van der Waals surface area (Å²) in [5.74, 6) is 0.0942. The minimum absolute atomic E-state index is 0. The molecule has 1 aliphatic rings. The van der Waals surface area contributed by atoms with Crippen LogP contribution in [-0.4, -0.2) is 28.3 Å². The zero-order chi connectivity index (χ0) is 15.4. The number of aromatic nitrogens is 2. The van der Waals surface area contributed by atoms with Gasteiger partial charge in [0.1, 0.15) is 0 Å². The van der Waals surface area contributed by atoms with E-state index < -0.39 is 0 Å². The second-order valence-corrected chi connectivity index (χ2v) is 5.78. The Labute approximate surface area is 142 Å². The van der Waals surface area contributed by atoms with Gasteiger partial charge in [-0.3, -0.25) is 4.79 Å². The van der Waals surface area contributed by atoms with E-state index in [0.29, 0.717) is 0 Å². The Morgan fingerprint density at radius 3 is 2.96 bits per heavy atom. The largest absolute Gasteiger partial charge is 0.348 e. The highest BCUT2D eigenvalue weighted by molar-refractivity contribution is 5.85. The van der Waals surface area contributed by atoms with Crippen molar-refractivity contribution in [2.45, 2.75) is 38.3 Å². The molecule has 2 atom stereocenters. The Hall–Kier alpha value is -1.85. The number of nitrogens with zero attached hydrogens (tertiary/aromatic N) is 2. The standard InChI is InChI=1S/C17H22N4O.ClH/c1-13(20-17(22)16-8-2-3-9-18-16)14-6-4-7-15(12-14)21-11-5-10-19-21;/h4-7,10-13,16,18H,2-3,8-9H2,1H3,(H,20,22);1H. The molecule has 124 valence electrons. The smallest absolute Gasteiger partial charge is 0.237 e. The Morgan fingerprint density at radius 1 is 1.39 bits per heavy atom. The molecule has 1 fully saturated rings. The molecule has 1 aromatic heterocycles. The van der Waals surface area contributed by atoms with Crippen LogP contribution in [0.1, 0.15) is 37.8 Å². The fraction of sp³-hybridized carbons (Fsp3) is 0.412. The summed E-state index contributed by atoms with van der Waals surface area (Å²) in [6.45, 7) is 2.95. The quantitative estimate of drug-likeness (QED) is 0.903. The van der Waals surface area contributed by atoms with Crippen molar-refractivity contribution < 1.29 is 4.79 Å². The Kier molecular flexibility index (Phi) is 6.19. The first kappa shape index (κ1) is 17.5. The molecule has 0 aliphatic carbocycles. The van der Waals surface area contributed by atoms with Crippen LogP contribution in [0.15, 0.2) is 42.7 Å². The molecule has 1 amide bonds. The summed E-state index contributed by atoms with van der Waals surface area (Å²) in [4.78, 5) is 12.3. The fourth-order valence-corrected chi connectivity index (χ4v) is 2.83.